The SMILES string of the molecule is CCOC(=O)C1=C(CN2CC(F)(F)CC2C(=O)O)NC(c2nccs2)=N[C@H]1c1ccc(Br)cc1. The summed E-state index contributed by atoms with van der Waals surface area (Å²) in [6, 6.07) is 5.02. The van der Waals surface area contributed by atoms with Gasteiger partial charge in [-0.15, -0.1) is 11.3 Å². The number of aromatic nitrogens is 1. The van der Waals surface area contributed by atoms with E-state index in [1.54, 1.807) is 42.8 Å². The number of amidine groups is 1. The van der Waals surface area contributed by atoms with Crippen molar-refractivity contribution >= 4 is 45.0 Å². The van der Waals surface area contributed by atoms with Crippen LogP contribution in [0.25, 0.3) is 0 Å². The molecule has 1 aromatic carbocycles. The number of halogens is 3. The van der Waals surface area contributed by atoms with E-state index < -0.39 is 42.9 Å². The van der Waals surface area contributed by atoms with E-state index >= 15 is 0 Å². The molecule has 0 spiro atoms. The molecule has 2 atom stereocenters. The number of benzene rings is 1. The van der Waals surface area contributed by atoms with Gasteiger partial charge in [-0.25, -0.2) is 18.6 Å². The number of carboxylic acids is 1. The molecule has 2 aromatic rings. The minimum Gasteiger partial charge on any atom is -0.480 e. The monoisotopic (exact) mass is 554 g/mol. The van der Waals surface area contributed by atoms with Crippen molar-refractivity contribution < 1.29 is 28.2 Å². The zero-order valence-electron chi connectivity index (χ0n) is 18.0. The molecule has 1 aromatic heterocycles. The molecule has 180 valence electrons. The Kier molecular flexibility index (Phi) is 7.10. The van der Waals surface area contributed by atoms with Crippen LogP contribution < -0.4 is 5.32 Å². The quantitative estimate of drug-likeness (QED) is 0.504. The molecule has 1 unspecified atom stereocenters. The Balaban J connectivity index is 1.81. The van der Waals surface area contributed by atoms with Crippen LogP contribution in [0, 0.1) is 0 Å². The molecule has 8 nitrogen and oxygen atoms in total. The van der Waals surface area contributed by atoms with Gasteiger partial charge in [-0.2, -0.15) is 0 Å². The number of aliphatic imine (C=N–C) groups is 1. The first-order valence-electron chi connectivity index (χ1n) is 10.4. The summed E-state index contributed by atoms with van der Waals surface area (Å²) in [5.74, 6) is -4.79. The molecule has 4 rings (SSSR count). The predicted molar refractivity (Wildman–Crippen MR) is 125 cm³/mol. The van der Waals surface area contributed by atoms with Crippen LogP contribution in [-0.4, -0.2) is 64.4 Å². The average Bonchev–Trinajstić information content (AvgIpc) is 3.41. The second kappa shape index (κ2) is 9.88. The van der Waals surface area contributed by atoms with Gasteiger partial charge in [0.25, 0.3) is 5.92 Å². The third kappa shape index (κ3) is 5.18. The third-order valence-electron chi connectivity index (χ3n) is 5.46. The summed E-state index contributed by atoms with van der Waals surface area (Å²) < 4.78 is 34.4. The van der Waals surface area contributed by atoms with E-state index in [2.05, 4.69) is 26.2 Å². The van der Waals surface area contributed by atoms with Gasteiger partial charge in [-0.3, -0.25) is 14.7 Å². The van der Waals surface area contributed by atoms with Crippen LogP contribution >= 0.6 is 27.3 Å². The Bertz CT molecular complexity index is 1140. The fourth-order valence-corrected chi connectivity index (χ4v) is 4.85. The topological polar surface area (TPSA) is 104 Å². The van der Waals surface area contributed by atoms with Crippen molar-refractivity contribution in [2.45, 2.75) is 31.4 Å². The third-order valence-corrected chi connectivity index (χ3v) is 6.76. The first-order valence-corrected chi connectivity index (χ1v) is 12.1. The van der Waals surface area contributed by atoms with Gasteiger partial charge in [0, 0.05) is 34.7 Å². The van der Waals surface area contributed by atoms with E-state index in [-0.39, 0.29) is 24.4 Å². The van der Waals surface area contributed by atoms with Crippen LogP contribution in [0.5, 0.6) is 0 Å². The van der Waals surface area contributed by atoms with Gasteiger partial charge >= 0.3 is 11.9 Å². The maximum Gasteiger partial charge on any atom is 0.338 e. The van der Waals surface area contributed by atoms with Gasteiger partial charge in [-0.1, -0.05) is 28.1 Å². The first-order chi connectivity index (χ1) is 16.2. The number of rotatable bonds is 7. The summed E-state index contributed by atoms with van der Waals surface area (Å²) in [5, 5.41) is 14.9. The van der Waals surface area contributed by atoms with E-state index in [1.165, 1.54) is 11.3 Å². The van der Waals surface area contributed by atoms with Gasteiger partial charge in [0.05, 0.1) is 18.7 Å². The Morgan fingerprint density at radius 1 is 1.35 bits per heavy atom. The van der Waals surface area contributed by atoms with Crippen LogP contribution in [0.4, 0.5) is 8.78 Å². The lowest BCUT2D eigenvalue weighted by atomic mass is 9.95. The van der Waals surface area contributed by atoms with Crippen molar-refractivity contribution in [1.29, 1.82) is 0 Å². The highest BCUT2D eigenvalue weighted by Gasteiger charge is 2.49. The number of alkyl halides is 2. The number of carbonyl (C=O) groups excluding carboxylic acids is 1. The number of aliphatic carboxylic acids is 1. The molecule has 3 heterocycles. The number of thiazole rings is 1. The number of ether oxygens (including phenoxy) is 1. The number of hydrogen-bond donors (Lipinski definition) is 2. The van der Waals surface area contributed by atoms with Crippen molar-refractivity contribution in [2.75, 3.05) is 19.7 Å². The summed E-state index contributed by atoms with van der Waals surface area (Å²) in [7, 11) is 0. The van der Waals surface area contributed by atoms with Crippen LogP contribution in [0.1, 0.15) is 30.0 Å². The van der Waals surface area contributed by atoms with Crippen LogP contribution in [0.2, 0.25) is 0 Å². The van der Waals surface area contributed by atoms with Gasteiger partial charge in [0.15, 0.2) is 10.8 Å². The van der Waals surface area contributed by atoms with Crippen molar-refractivity contribution in [1.82, 2.24) is 15.2 Å². The number of carbonyl (C=O) groups is 2. The molecule has 12 heteroatoms. The summed E-state index contributed by atoms with van der Waals surface area (Å²) in [4.78, 5) is 34.9. The lowest BCUT2D eigenvalue weighted by molar-refractivity contribution is -0.142. The fourth-order valence-electron chi connectivity index (χ4n) is 4.00. The Morgan fingerprint density at radius 2 is 2.09 bits per heavy atom. The van der Waals surface area contributed by atoms with E-state index in [4.69, 9.17) is 9.73 Å². The van der Waals surface area contributed by atoms with Crippen LogP contribution in [-0.2, 0) is 14.3 Å². The Labute approximate surface area is 206 Å². The smallest absolute Gasteiger partial charge is 0.338 e. The first kappa shape index (κ1) is 24.4. The van der Waals surface area contributed by atoms with Crippen LogP contribution in [0.15, 0.2) is 56.6 Å². The molecule has 0 radical (unpaired) electrons. The fraction of sp³-hybridized carbons (Fsp3) is 0.364. The molecule has 2 aliphatic heterocycles. The Morgan fingerprint density at radius 3 is 2.71 bits per heavy atom. The van der Waals surface area contributed by atoms with Crippen LogP contribution in [0.3, 0.4) is 0 Å². The zero-order valence-corrected chi connectivity index (χ0v) is 20.4. The van der Waals surface area contributed by atoms with Crippen molar-refractivity contribution in [2.24, 2.45) is 4.99 Å². The largest absolute Gasteiger partial charge is 0.480 e. The molecule has 0 bridgehead atoms. The number of esters is 1. The number of likely N-dealkylation sites (tertiary alicyclic amines) is 1. The highest BCUT2D eigenvalue weighted by atomic mass is 79.9. The maximum atomic E-state index is 14.1. The number of nitrogens with one attached hydrogen (secondary N) is 1. The summed E-state index contributed by atoms with van der Waals surface area (Å²) >= 11 is 4.71. The molecule has 0 amide bonds. The molecule has 0 aliphatic carbocycles. The van der Waals surface area contributed by atoms with Gasteiger partial charge in [0.2, 0.25) is 0 Å². The average molecular weight is 555 g/mol. The standard InChI is InChI=1S/C22H21BrF2N4O4S/c1-2-33-21(32)16-14(10-29-11-22(24,25)9-15(29)20(30)31)27-18(19-26-7-8-34-19)28-17(16)12-3-5-13(23)6-4-12/h3-8,15,17H,2,9-11H2,1H3,(H,27,28)(H,30,31)/t15?,17-/m0/s1. The predicted octanol–water partition coefficient (Wildman–Crippen LogP) is 3.61. The highest BCUT2D eigenvalue weighted by Crippen LogP contribution is 2.36. The number of hydrogen-bond acceptors (Lipinski definition) is 8. The number of nitrogens with zero attached hydrogens (tertiary/aromatic N) is 3. The van der Waals surface area contributed by atoms with Crippen molar-refractivity contribution in [3.05, 3.63) is 62.2 Å². The van der Waals surface area contributed by atoms with E-state index in [0.717, 1.165) is 9.37 Å². The lowest BCUT2D eigenvalue weighted by Gasteiger charge is -2.30. The minimum absolute atomic E-state index is 0.102. The summed E-state index contributed by atoms with van der Waals surface area (Å²) in [6.45, 7) is 0.802. The number of carboxylic acid groups (broad SMARTS) is 1. The molecular formula is C22H21BrF2N4O4S. The lowest BCUT2D eigenvalue weighted by Crippen LogP contribution is -2.43. The normalized spacial score (nSPS) is 22.3. The van der Waals surface area contributed by atoms with Crippen molar-refractivity contribution in [3.8, 4) is 0 Å². The van der Waals surface area contributed by atoms with E-state index in [9.17, 15) is 23.5 Å². The molecule has 1 saturated heterocycles. The van der Waals surface area contributed by atoms with Gasteiger partial charge in [0.1, 0.15) is 12.1 Å². The highest BCUT2D eigenvalue weighted by molar-refractivity contribution is 9.10. The molecule has 1 fully saturated rings. The molecule has 0 saturated carbocycles. The van der Waals surface area contributed by atoms with E-state index in [1.807, 2.05) is 0 Å². The van der Waals surface area contributed by atoms with Crippen molar-refractivity contribution in [3.63, 3.8) is 0 Å². The molecule has 34 heavy (non-hydrogen) atoms. The molecular weight excluding hydrogens is 534 g/mol. The van der Waals surface area contributed by atoms with E-state index in [0.29, 0.717) is 16.4 Å². The Hall–Kier alpha value is -2.70. The van der Waals surface area contributed by atoms with Gasteiger partial charge in [-0.05, 0) is 24.6 Å². The minimum atomic E-state index is -3.15. The zero-order chi connectivity index (χ0) is 24.5. The second-order valence-corrected chi connectivity index (χ2v) is 9.64. The second-order valence-electron chi connectivity index (χ2n) is 7.83. The molecule has 2 N–H and O–H groups in total. The molecule has 2 aliphatic rings. The summed E-state index contributed by atoms with van der Waals surface area (Å²) in [5.41, 5.74) is 1.08. The maximum absolute atomic E-state index is 14.1. The summed E-state index contributed by atoms with van der Waals surface area (Å²) in [6.07, 6.45) is 0.804. The van der Waals surface area contributed by atoms with Gasteiger partial charge < -0.3 is 15.2 Å².